The fraction of sp³-hybridized carbons (Fsp3) is 0.942. The first-order valence-corrected chi connectivity index (χ1v) is 34.4. The molecule has 1 amide bonds. The van der Waals surface area contributed by atoms with Crippen LogP contribution in [0, 0.1) is 0 Å². The van der Waals surface area contributed by atoms with E-state index in [2.05, 4.69) is 31.3 Å². The Morgan fingerprint density at radius 2 is 0.627 bits per heavy atom. The van der Waals surface area contributed by atoms with Crippen molar-refractivity contribution in [2.45, 2.75) is 405 Å². The lowest BCUT2D eigenvalue weighted by Crippen LogP contribution is -2.45. The maximum atomic E-state index is 12.5. The number of unbranched alkanes of at least 4 members (excludes halogenated alkanes) is 52. The summed E-state index contributed by atoms with van der Waals surface area (Å²) in [7, 11) is 0. The molecule has 2 atom stereocenters. The fourth-order valence-corrected chi connectivity index (χ4v) is 11.1. The van der Waals surface area contributed by atoms with E-state index in [1.165, 1.54) is 315 Å². The van der Waals surface area contributed by atoms with Crippen molar-refractivity contribution < 1.29 is 24.5 Å². The minimum absolute atomic E-state index is 0.00589. The topological polar surface area (TPSA) is 95.9 Å². The molecule has 0 aliphatic carbocycles. The Kier molecular flexibility index (Phi) is 63.9. The van der Waals surface area contributed by atoms with Crippen LogP contribution in [0.4, 0.5) is 0 Å². The number of hydrogen-bond donors (Lipinski definition) is 3. The van der Waals surface area contributed by atoms with Gasteiger partial charge in [-0.05, 0) is 51.4 Å². The maximum absolute atomic E-state index is 12.5. The first-order chi connectivity index (χ1) is 37.0. The number of aliphatic hydroxyl groups excluding tert-OH is 2. The number of aliphatic hydroxyl groups is 2. The van der Waals surface area contributed by atoms with Gasteiger partial charge in [0.15, 0.2) is 0 Å². The van der Waals surface area contributed by atoms with E-state index in [-0.39, 0.29) is 18.5 Å². The van der Waals surface area contributed by atoms with Gasteiger partial charge in [0.05, 0.1) is 25.4 Å². The molecule has 0 aromatic carbocycles. The average molecular weight is 1060 g/mol. The van der Waals surface area contributed by atoms with Crippen LogP contribution in [0.2, 0.25) is 0 Å². The van der Waals surface area contributed by atoms with E-state index in [0.717, 1.165) is 44.9 Å². The Labute approximate surface area is 469 Å². The molecule has 2 unspecified atom stereocenters. The van der Waals surface area contributed by atoms with E-state index in [0.29, 0.717) is 25.9 Å². The Bertz CT molecular complexity index is 1130. The molecule has 75 heavy (non-hydrogen) atoms. The van der Waals surface area contributed by atoms with Gasteiger partial charge in [-0.1, -0.05) is 341 Å². The van der Waals surface area contributed by atoms with Gasteiger partial charge < -0.3 is 20.3 Å². The number of amides is 1. The summed E-state index contributed by atoms with van der Waals surface area (Å²) in [6, 6.07) is -0.543. The zero-order valence-corrected chi connectivity index (χ0v) is 51.1. The summed E-state index contributed by atoms with van der Waals surface area (Å²) in [6.07, 6.45) is 79.6. The standard InChI is InChI=1S/C69H135NO5/c1-3-5-7-9-11-13-15-17-19-21-22-24-27-30-33-37-41-45-49-53-57-61-67(72)66(65-71)70-68(73)62-58-54-50-46-42-38-34-31-28-25-23-26-29-32-36-40-44-48-52-56-60-64-75-69(74)63-59-55-51-47-43-39-35-20-18-16-14-12-10-8-6-4-2/h20,35,66-67,71-72H,3-19,21-34,36-65H2,1-2H3,(H,70,73)/b35-20-. The summed E-state index contributed by atoms with van der Waals surface area (Å²) in [5.41, 5.74) is 0. The van der Waals surface area contributed by atoms with Gasteiger partial charge in [-0.2, -0.15) is 0 Å². The largest absolute Gasteiger partial charge is 0.466 e. The van der Waals surface area contributed by atoms with Gasteiger partial charge in [0.2, 0.25) is 5.91 Å². The van der Waals surface area contributed by atoms with Crippen LogP contribution in [0.1, 0.15) is 393 Å². The molecule has 0 aromatic rings. The third kappa shape index (κ3) is 61.7. The molecular formula is C69H135NO5. The molecule has 446 valence electrons. The van der Waals surface area contributed by atoms with Crippen LogP contribution in [0.25, 0.3) is 0 Å². The molecular weight excluding hydrogens is 923 g/mol. The number of esters is 1. The second-order valence-electron chi connectivity index (χ2n) is 23.9. The van der Waals surface area contributed by atoms with Crippen molar-refractivity contribution in [1.29, 1.82) is 0 Å². The third-order valence-corrected chi connectivity index (χ3v) is 16.3. The molecule has 0 aromatic heterocycles. The highest BCUT2D eigenvalue weighted by Gasteiger charge is 2.20. The van der Waals surface area contributed by atoms with Gasteiger partial charge in [0.1, 0.15) is 0 Å². The molecule has 0 heterocycles. The number of ether oxygens (including phenoxy) is 1. The third-order valence-electron chi connectivity index (χ3n) is 16.3. The second-order valence-corrected chi connectivity index (χ2v) is 23.9. The van der Waals surface area contributed by atoms with Gasteiger partial charge in [-0.25, -0.2) is 0 Å². The summed E-state index contributed by atoms with van der Waals surface area (Å²) >= 11 is 0. The van der Waals surface area contributed by atoms with Crippen LogP contribution in [0.3, 0.4) is 0 Å². The highest BCUT2D eigenvalue weighted by atomic mass is 16.5. The predicted molar refractivity (Wildman–Crippen MR) is 329 cm³/mol. The molecule has 0 saturated heterocycles. The Morgan fingerprint density at radius 1 is 0.360 bits per heavy atom. The molecule has 0 fully saturated rings. The first-order valence-electron chi connectivity index (χ1n) is 34.4. The molecule has 0 aliphatic heterocycles. The van der Waals surface area contributed by atoms with Crippen LogP contribution in [-0.4, -0.2) is 47.4 Å². The molecule has 0 bridgehead atoms. The van der Waals surface area contributed by atoms with Crippen LogP contribution in [0.15, 0.2) is 12.2 Å². The van der Waals surface area contributed by atoms with Gasteiger partial charge in [0, 0.05) is 12.8 Å². The lowest BCUT2D eigenvalue weighted by molar-refractivity contribution is -0.143. The van der Waals surface area contributed by atoms with Crippen molar-refractivity contribution in [2.75, 3.05) is 13.2 Å². The Balaban J connectivity index is 3.38. The van der Waals surface area contributed by atoms with E-state index in [1.807, 2.05) is 0 Å². The normalized spacial score (nSPS) is 12.5. The van der Waals surface area contributed by atoms with E-state index >= 15 is 0 Å². The molecule has 6 nitrogen and oxygen atoms in total. The van der Waals surface area contributed by atoms with Gasteiger partial charge in [-0.3, -0.25) is 9.59 Å². The molecule has 0 rings (SSSR count). The number of carbonyl (C=O) groups is 2. The summed E-state index contributed by atoms with van der Waals surface area (Å²) in [5.74, 6) is -0.0255. The zero-order chi connectivity index (χ0) is 54.3. The van der Waals surface area contributed by atoms with E-state index in [1.54, 1.807) is 0 Å². The quantitative estimate of drug-likeness (QED) is 0.0320. The molecule has 0 radical (unpaired) electrons. The van der Waals surface area contributed by atoms with Crippen LogP contribution in [0.5, 0.6) is 0 Å². The first kappa shape index (κ1) is 73.6. The average Bonchev–Trinajstić information content (AvgIpc) is 3.41. The van der Waals surface area contributed by atoms with Gasteiger partial charge >= 0.3 is 5.97 Å². The second kappa shape index (κ2) is 65.1. The summed E-state index contributed by atoms with van der Waals surface area (Å²) < 4.78 is 5.49. The van der Waals surface area contributed by atoms with Crippen molar-refractivity contribution in [3.8, 4) is 0 Å². The number of rotatable bonds is 65. The highest BCUT2D eigenvalue weighted by Crippen LogP contribution is 2.19. The SMILES string of the molecule is CCCCCCCCC/C=C\CCCCCCCC(=O)OCCCCCCCCCCCCCCCCCCCCCCCC(=O)NC(CO)C(O)CCCCCCCCCCCCCCCCCCCCCCC. The lowest BCUT2D eigenvalue weighted by atomic mass is 10.0. The van der Waals surface area contributed by atoms with E-state index in [9.17, 15) is 19.8 Å². The molecule has 6 heteroatoms. The lowest BCUT2D eigenvalue weighted by Gasteiger charge is -2.22. The number of hydrogen-bond acceptors (Lipinski definition) is 5. The summed E-state index contributed by atoms with van der Waals surface area (Å²) in [6.45, 7) is 4.98. The number of allylic oxidation sites excluding steroid dienone is 2. The van der Waals surface area contributed by atoms with Gasteiger partial charge in [-0.15, -0.1) is 0 Å². The van der Waals surface area contributed by atoms with Crippen molar-refractivity contribution in [2.24, 2.45) is 0 Å². The van der Waals surface area contributed by atoms with Crippen LogP contribution >= 0.6 is 0 Å². The minimum Gasteiger partial charge on any atom is -0.466 e. The van der Waals surface area contributed by atoms with Crippen molar-refractivity contribution >= 4 is 11.9 Å². The molecule has 0 spiro atoms. The molecule has 3 N–H and O–H groups in total. The minimum atomic E-state index is -0.666. The maximum Gasteiger partial charge on any atom is 0.305 e. The van der Waals surface area contributed by atoms with E-state index in [4.69, 9.17) is 4.74 Å². The summed E-state index contributed by atoms with van der Waals surface area (Å²) in [4.78, 5) is 24.6. The number of carbonyl (C=O) groups excluding carboxylic acids is 2. The zero-order valence-electron chi connectivity index (χ0n) is 51.1. The van der Waals surface area contributed by atoms with Crippen molar-refractivity contribution in [3.63, 3.8) is 0 Å². The summed E-state index contributed by atoms with van der Waals surface area (Å²) in [5, 5.41) is 23.4. The number of nitrogens with one attached hydrogen (secondary N) is 1. The highest BCUT2D eigenvalue weighted by molar-refractivity contribution is 5.76. The van der Waals surface area contributed by atoms with Crippen molar-refractivity contribution in [3.05, 3.63) is 12.2 Å². The van der Waals surface area contributed by atoms with E-state index < -0.39 is 12.1 Å². The van der Waals surface area contributed by atoms with Crippen LogP contribution < -0.4 is 5.32 Å². The molecule has 0 aliphatic rings. The van der Waals surface area contributed by atoms with Crippen LogP contribution in [-0.2, 0) is 14.3 Å². The van der Waals surface area contributed by atoms with Crippen molar-refractivity contribution in [1.82, 2.24) is 5.32 Å². The smallest absolute Gasteiger partial charge is 0.305 e. The molecule has 0 saturated carbocycles. The Morgan fingerprint density at radius 3 is 0.947 bits per heavy atom. The monoisotopic (exact) mass is 1060 g/mol. The predicted octanol–water partition coefficient (Wildman–Crippen LogP) is 22.0. The fourth-order valence-electron chi connectivity index (χ4n) is 11.1. The van der Waals surface area contributed by atoms with Gasteiger partial charge in [0.25, 0.3) is 0 Å². The Hall–Kier alpha value is -1.40.